The molecule has 9 heteroatoms. The summed E-state index contributed by atoms with van der Waals surface area (Å²) in [5.74, 6) is -0.0597. The summed E-state index contributed by atoms with van der Waals surface area (Å²) in [6.07, 6.45) is 6.75. The minimum atomic E-state index is -0.693. The third kappa shape index (κ3) is 9.43. The summed E-state index contributed by atoms with van der Waals surface area (Å²) in [6, 6.07) is 8.25. The average molecular weight is 596 g/mol. The number of aromatic nitrogens is 3. The Bertz CT molecular complexity index is 1420. The van der Waals surface area contributed by atoms with Crippen LogP contribution in [0.4, 0.5) is 13.2 Å². The van der Waals surface area contributed by atoms with Gasteiger partial charge in [0.15, 0.2) is 5.84 Å². The normalized spacial score (nSPS) is 17.6. The van der Waals surface area contributed by atoms with Crippen molar-refractivity contribution in [1.29, 1.82) is 0 Å². The van der Waals surface area contributed by atoms with Crippen LogP contribution in [0.25, 0.3) is 0 Å². The molecular weight excluding hydrogens is 551 g/mol. The Morgan fingerprint density at radius 3 is 2.14 bits per heavy atom. The van der Waals surface area contributed by atoms with E-state index in [-0.39, 0.29) is 18.2 Å². The smallest absolute Gasteiger partial charge is 0.202 e. The minimum absolute atomic E-state index is 0.0000189. The molecule has 1 aliphatic carbocycles. The third-order valence-corrected chi connectivity index (χ3v) is 6.76. The van der Waals surface area contributed by atoms with Gasteiger partial charge in [-0.3, -0.25) is 14.6 Å². The van der Waals surface area contributed by atoms with E-state index in [4.69, 9.17) is 0 Å². The molecule has 0 radical (unpaired) electrons. The number of aliphatic hydroxyl groups excluding tert-OH is 1. The van der Waals surface area contributed by atoms with Gasteiger partial charge in [0, 0.05) is 30.9 Å². The van der Waals surface area contributed by atoms with Gasteiger partial charge in [0.1, 0.15) is 23.1 Å². The van der Waals surface area contributed by atoms with Gasteiger partial charge < -0.3 is 5.11 Å². The molecule has 5 rings (SSSR count). The third-order valence-electron chi connectivity index (χ3n) is 6.76. The summed E-state index contributed by atoms with van der Waals surface area (Å²) in [5, 5.41) is 15.1. The van der Waals surface area contributed by atoms with Crippen molar-refractivity contribution in [1.82, 2.24) is 19.7 Å². The first-order valence-corrected chi connectivity index (χ1v) is 14.7. The van der Waals surface area contributed by atoms with Crippen LogP contribution in [0.3, 0.4) is 0 Å². The maximum atomic E-state index is 13.6. The van der Waals surface area contributed by atoms with Crippen LogP contribution in [0, 0.1) is 23.4 Å². The molecule has 1 aromatic carbocycles. The molecule has 1 saturated carbocycles. The number of pyridine rings is 1. The van der Waals surface area contributed by atoms with Crippen LogP contribution in [0.15, 0.2) is 89.7 Å². The molecule has 43 heavy (non-hydrogen) atoms. The molecule has 1 aliphatic heterocycles. The Labute approximate surface area is 254 Å². The van der Waals surface area contributed by atoms with E-state index in [1.54, 1.807) is 30.9 Å². The molecule has 6 nitrogen and oxygen atoms in total. The van der Waals surface area contributed by atoms with E-state index >= 15 is 0 Å². The van der Waals surface area contributed by atoms with Gasteiger partial charge in [0.05, 0.1) is 24.0 Å². The molecule has 2 unspecified atom stereocenters. The first-order valence-electron chi connectivity index (χ1n) is 14.7. The van der Waals surface area contributed by atoms with Gasteiger partial charge >= 0.3 is 0 Å². The molecule has 2 atom stereocenters. The molecule has 0 amide bonds. The summed E-state index contributed by atoms with van der Waals surface area (Å²) in [4.78, 5) is 10.0. The average Bonchev–Trinajstić information content (AvgIpc) is 3.60. The number of hydrogen-bond acceptors (Lipinski definition) is 5. The van der Waals surface area contributed by atoms with Crippen LogP contribution in [-0.2, 0) is 13.6 Å². The van der Waals surface area contributed by atoms with E-state index in [0.29, 0.717) is 39.9 Å². The van der Waals surface area contributed by atoms with Gasteiger partial charge in [0.25, 0.3) is 0 Å². The fourth-order valence-corrected chi connectivity index (χ4v) is 4.91. The zero-order valence-corrected chi connectivity index (χ0v) is 26.3. The molecule has 0 bridgehead atoms. The van der Waals surface area contributed by atoms with Crippen LogP contribution in [0.5, 0.6) is 0 Å². The summed E-state index contributed by atoms with van der Waals surface area (Å²) in [6.45, 7) is 19.7. The number of rotatable bonds is 5. The van der Waals surface area contributed by atoms with E-state index in [2.05, 4.69) is 35.2 Å². The second kappa shape index (κ2) is 16.5. The largest absolute Gasteiger partial charge is 0.494 e. The number of hydrogen-bond donors (Lipinski definition) is 1. The Morgan fingerprint density at radius 2 is 1.65 bits per heavy atom. The van der Waals surface area contributed by atoms with Gasteiger partial charge in [0.2, 0.25) is 5.88 Å². The number of allylic oxidation sites excluding steroid dienone is 1. The Hall–Kier alpha value is -4.14. The highest BCUT2D eigenvalue weighted by atomic mass is 19.1. The lowest BCUT2D eigenvalue weighted by Crippen LogP contribution is -2.35. The second-order valence-corrected chi connectivity index (χ2v) is 10.1. The van der Waals surface area contributed by atoms with Gasteiger partial charge in [-0.15, -0.1) is 0 Å². The fourth-order valence-electron chi connectivity index (χ4n) is 4.91. The number of aliphatic hydroxyl groups is 1. The monoisotopic (exact) mass is 595 g/mol. The molecule has 3 heterocycles. The van der Waals surface area contributed by atoms with E-state index in [1.165, 1.54) is 48.6 Å². The van der Waals surface area contributed by atoms with Crippen LogP contribution in [0.2, 0.25) is 0 Å². The van der Waals surface area contributed by atoms with Crippen molar-refractivity contribution in [3.05, 3.63) is 119 Å². The lowest BCUT2D eigenvalue weighted by atomic mass is 10.0. The van der Waals surface area contributed by atoms with Crippen molar-refractivity contribution in [3.63, 3.8) is 0 Å². The quantitative estimate of drug-likeness (QED) is 0.320. The molecular formula is C34H44F3N5O. The number of halogens is 3. The number of benzene rings is 1. The number of aryl methyl sites for hydroxylation is 1. The summed E-state index contributed by atoms with van der Waals surface area (Å²) < 4.78 is 41.3. The summed E-state index contributed by atoms with van der Waals surface area (Å²) >= 11 is 0. The first-order chi connectivity index (χ1) is 20.5. The summed E-state index contributed by atoms with van der Waals surface area (Å²) in [7, 11) is 1.75. The number of aliphatic imine (C=N–C) groups is 1. The van der Waals surface area contributed by atoms with Crippen LogP contribution in [-0.4, -0.2) is 30.6 Å². The zero-order valence-electron chi connectivity index (χ0n) is 26.3. The van der Waals surface area contributed by atoms with Crippen LogP contribution < -0.4 is 0 Å². The molecule has 2 aliphatic rings. The predicted molar refractivity (Wildman–Crippen MR) is 168 cm³/mol. The maximum absolute atomic E-state index is 13.6. The molecule has 1 fully saturated rings. The molecule has 2 aromatic heterocycles. The standard InChI is InChI=1S/C19H18F2N4O.C11H14FN.2C2H6/c1-11(2)17-12(3)22-18(16-5-6-24(4)23-16)25(19(17)26)10-13-7-14(20)9-15(21)8-13;1-8-2-3-9(6-8)11-5-4-10(12)7-13-11;2*1-2/h5-9,26H,1,3,10H2,2,4H3;4-5,7-9H,2-3,6H2,1H3;2*1-2H3. The van der Waals surface area contributed by atoms with E-state index in [9.17, 15) is 18.3 Å². The molecule has 0 saturated heterocycles. The second-order valence-electron chi connectivity index (χ2n) is 10.1. The van der Waals surface area contributed by atoms with Crippen molar-refractivity contribution in [2.24, 2.45) is 18.0 Å². The van der Waals surface area contributed by atoms with Crippen LogP contribution >= 0.6 is 0 Å². The van der Waals surface area contributed by atoms with Crippen LogP contribution in [0.1, 0.15) is 83.7 Å². The van der Waals surface area contributed by atoms with E-state index in [0.717, 1.165) is 17.7 Å². The maximum Gasteiger partial charge on any atom is 0.202 e. The Kier molecular flexibility index (Phi) is 13.4. The first kappa shape index (κ1) is 35.1. The van der Waals surface area contributed by atoms with Gasteiger partial charge in [-0.1, -0.05) is 54.2 Å². The molecule has 1 N–H and O–H groups in total. The Balaban J connectivity index is 0.000000317. The topological polar surface area (TPSA) is 66.5 Å². The number of nitrogens with zero attached hydrogens (tertiary/aromatic N) is 5. The van der Waals surface area contributed by atoms with Gasteiger partial charge in [-0.25, -0.2) is 18.2 Å². The molecule has 232 valence electrons. The van der Waals surface area contributed by atoms with Crippen molar-refractivity contribution in [2.75, 3.05) is 0 Å². The van der Waals surface area contributed by atoms with Crippen molar-refractivity contribution in [2.45, 2.75) is 73.3 Å². The predicted octanol–water partition coefficient (Wildman–Crippen LogP) is 9.00. The molecule has 3 aromatic rings. The SMILES string of the molecule is C=C(C)C1=C(O)N(Cc2cc(F)cc(F)c2)C(c2ccn(C)n2)=NC1=C.CC.CC.CC1CCC(c2ccc(F)cn2)C1. The Morgan fingerprint density at radius 1 is 1.00 bits per heavy atom. The fraction of sp³-hybridized carbons (Fsp3) is 0.382. The van der Waals surface area contributed by atoms with Gasteiger partial charge in [-0.05, 0) is 67.2 Å². The summed E-state index contributed by atoms with van der Waals surface area (Å²) in [5.41, 5.74) is 3.21. The minimum Gasteiger partial charge on any atom is -0.494 e. The van der Waals surface area contributed by atoms with Crippen molar-refractivity contribution >= 4 is 5.84 Å². The highest BCUT2D eigenvalue weighted by molar-refractivity contribution is 6.00. The lowest BCUT2D eigenvalue weighted by Gasteiger charge is -2.30. The number of amidine groups is 1. The zero-order chi connectivity index (χ0) is 32.3. The molecule has 0 spiro atoms. The van der Waals surface area contributed by atoms with Gasteiger partial charge in [-0.2, -0.15) is 5.10 Å². The van der Waals surface area contributed by atoms with Crippen molar-refractivity contribution in [3.8, 4) is 0 Å². The lowest BCUT2D eigenvalue weighted by molar-refractivity contribution is 0.261. The van der Waals surface area contributed by atoms with Crippen molar-refractivity contribution < 1.29 is 18.3 Å². The highest BCUT2D eigenvalue weighted by Crippen LogP contribution is 2.37. The highest BCUT2D eigenvalue weighted by Gasteiger charge is 2.29. The van der Waals surface area contributed by atoms with E-state index in [1.807, 2.05) is 33.8 Å². The van der Waals surface area contributed by atoms with E-state index < -0.39 is 11.6 Å².